The third kappa shape index (κ3) is 4.03. The third-order valence-electron chi connectivity index (χ3n) is 6.04. The lowest BCUT2D eigenvalue weighted by Gasteiger charge is -2.15. The first-order valence-corrected chi connectivity index (χ1v) is 11.9. The van der Waals surface area contributed by atoms with Gasteiger partial charge in [0.05, 0.1) is 17.2 Å². The number of benzene rings is 2. The normalized spacial score (nSPS) is 14.2. The minimum atomic E-state index is -0.0843. The predicted octanol–water partition coefficient (Wildman–Crippen LogP) is 4.99. The summed E-state index contributed by atoms with van der Waals surface area (Å²) in [6, 6.07) is 11.3. The van der Waals surface area contributed by atoms with Crippen LogP contribution in [0.15, 0.2) is 53.3 Å². The first kappa shape index (κ1) is 21.7. The van der Waals surface area contributed by atoms with Gasteiger partial charge in [0.15, 0.2) is 0 Å². The molecule has 0 atom stereocenters. The smallest absolute Gasteiger partial charge is 0.263 e. The second-order valence-corrected chi connectivity index (χ2v) is 9.75. The Morgan fingerprint density at radius 3 is 2.79 bits per heavy atom. The molecule has 0 saturated heterocycles. The summed E-state index contributed by atoms with van der Waals surface area (Å²) in [4.78, 5) is 21.6. The summed E-state index contributed by atoms with van der Waals surface area (Å²) in [5.74, 6) is 2.12. The van der Waals surface area contributed by atoms with Gasteiger partial charge >= 0.3 is 0 Å². The standard InChI is InChI=1S/C26H27N3O3S/c1-28(2)13-4-5-14-29-24(18-12-11-17(32-3)15-20(18)16-9-10-16)27-25-22(26(29)31)19-7-6-8-21(30)23(19)33-25/h4-8,11-12,15-16,30H,9-10,13-14H2,1-3H3/b5-4+. The molecule has 0 bridgehead atoms. The van der Waals surface area contributed by atoms with Crippen molar-refractivity contribution in [2.75, 3.05) is 27.7 Å². The number of allylic oxidation sites excluding steroid dienone is 1. The molecule has 170 valence electrons. The molecule has 6 nitrogen and oxygen atoms in total. The van der Waals surface area contributed by atoms with E-state index in [1.807, 2.05) is 38.4 Å². The highest BCUT2D eigenvalue weighted by atomic mass is 32.1. The second kappa shape index (κ2) is 8.65. The lowest BCUT2D eigenvalue weighted by molar-refractivity contribution is 0.414. The predicted molar refractivity (Wildman–Crippen MR) is 135 cm³/mol. The van der Waals surface area contributed by atoms with Crippen molar-refractivity contribution in [1.29, 1.82) is 0 Å². The molecule has 1 N–H and O–H groups in total. The van der Waals surface area contributed by atoms with Gasteiger partial charge < -0.3 is 14.7 Å². The van der Waals surface area contributed by atoms with E-state index in [-0.39, 0.29) is 11.3 Å². The van der Waals surface area contributed by atoms with Crippen molar-refractivity contribution in [2.24, 2.45) is 0 Å². The Kier molecular flexibility index (Phi) is 5.68. The van der Waals surface area contributed by atoms with Crippen LogP contribution >= 0.6 is 11.3 Å². The third-order valence-corrected chi connectivity index (χ3v) is 7.16. The van der Waals surface area contributed by atoms with Crippen molar-refractivity contribution in [3.05, 3.63) is 64.5 Å². The lowest BCUT2D eigenvalue weighted by Crippen LogP contribution is -2.23. The largest absolute Gasteiger partial charge is 0.506 e. The summed E-state index contributed by atoms with van der Waals surface area (Å²) in [6.07, 6.45) is 6.34. The van der Waals surface area contributed by atoms with E-state index in [2.05, 4.69) is 17.0 Å². The van der Waals surface area contributed by atoms with Gasteiger partial charge in [-0.15, -0.1) is 11.3 Å². The number of thiophene rings is 1. The quantitative estimate of drug-likeness (QED) is 0.393. The first-order valence-electron chi connectivity index (χ1n) is 11.1. The summed E-state index contributed by atoms with van der Waals surface area (Å²) in [5.41, 5.74) is 2.06. The van der Waals surface area contributed by atoms with Crippen molar-refractivity contribution in [1.82, 2.24) is 14.5 Å². The Labute approximate surface area is 196 Å². The van der Waals surface area contributed by atoms with E-state index in [0.717, 1.165) is 36.1 Å². The number of hydrogen-bond donors (Lipinski definition) is 1. The van der Waals surface area contributed by atoms with Crippen LogP contribution in [0, 0.1) is 0 Å². The Bertz CT molecular complexity index is 1430. The van der Waals surface area contributed by atoms with Gasteiger partial charge in [-0.05, 0) is 62.7 Å². The van der Waals surface area contributed by atoms with Gasteiger partial charge in [-0.1, -0.05) is 24.3 Å². The van der Waals surface area contributed by atoms with Crippen molar-refractivity contribution in [3.63, 3.8) is 0 Å². The van der Waals surface area contributed by atoms with Crippen molar-refractivity contribution >= 4 is 31.6 Å². The van der Waals surface area contributed by atoms with E-state index in [4.69, 9.17) is 9.72 Å². The monoisotopic (exact) mass is 461 g/mol. The topological polar surface area (TPSA) is 67.6 Å². The van der Waals surface area contributed by atoms with E-state index in [9.17, 15) is 9.90 Å². The average Bonchev–Trinajstić information content (AvgIpc) is 3.58. The summed E-state index contributed by atoms with van der Waals surface area (Å²) >= 11 is 1.37. The van der Waals surface area contributed by atoms with E-state index in [1.165, 1.54) is 16.9 Å². The van der Waals surface area contributed by atoms with Gasteiger partial charge in [0.2, 0.25) is 0 Å². The van der Waals surface area contributed by atoms with Crippen LogP contribution in [0.2, 0.25) is 0 Å². The summed E-state index contributed by atoms with van der Waals surface area (Å²) < 4.78 is 7.93. The summed E-state index contributed by atoms with van der Waals surface area (Å²) in [5, 5.41) is 11.7. The van der Waals surface area contributed by atoms with Crippen molar-refractivity contribution < 1.29 is 9.84 Å². The minimum absolute atomic E-state index is 0.0843. The molecule has 0 radical (unpaired) electrons. The molecule has 1 fully saturated rings. The number of fused-ring (bicyclic) bond motifs is 3. The highest BCUT2D eigenvalue weighted by molar-refractivity contribution is 7.25. The molecule has 0 aliphatic heterocycles. The van der Waals surface area contributed by atoms with E-state index >= 15 is 0 Å². The number of hydrogen-bond acceptors (Lipinski definition) is 6. The molecule has 2 aromatic heterocycles. The zero-order valence-corrected chi connectivity index (χ0v) is 19.9. The fraction of sp³-hybridized carbons (Fsp3) is 0.308. The molecule has 2 heterocycles. The molecular formula is C26H27N3O3S. The number of nitrogens with zero attached hydrogens (tertiary/aromatic N) is 3. The van der Waals surface area contributed by atoms with Gasteiger partial charge in [0, 0.05) is 24.0 Å². The average molecular weight is 462 g/mol. The zero-order valence-electron chi connectivity index (χ0n) is 19.0. The number of phenolic OH excluding ortho intramolecular Hbond substituents is 1. The number of likely N-dealkylation sites (N-methyl/N-ethyl adjacent to an activating group) is 1. The first-order chi connectivity index (χ1) is 16.0. The SMILES string of the molecule is COc1ccc(-c2nc3sc4c(O)cccc4c3c(=O)n2C/C=C/CN(C)C)c(C2CC2)c1. The highest BCUT2D eigenvalue weighted by Crippen LogP contribution is 2.46. The fourth-order valence-corrected chi connectivity index (χ4v) is 5.29. The molecule has 5 rings (SSSR count). The van der Waals surface area contributed by atoms with Crippen LogP contribution in [-0.4, -0.2) is 47.3 Å². The van der Waals surface area contributed by atoms with Gasteiger partial charge in [-0.25, -0.2) is 4.98 Å². The Balaban J connectivity index is 1.76. The van der Waals surface area contributed by atoms with E-state index in [0.29, 0.717) is 33.2 Å². The molecule has 0 amide bonds. The molecule has 4 aromatic rings. The zero-order chi connectivity index (χ0) is 23.1. The van der Waals surface area contributed by atoms with Crippen molar-refractivity contribution in [3.8, 4) is 22.9 Å². The molecule has 7 heteroatoms. The van der Waals surface area contributed by atoms with Crippen LogP contribution < -0.4 is 10.3 Å². The molecule has 1 aliphatic carbocycles. The number of phenols is 1. The fourth-order valence-electron chi connectivity index (χ4n) is 4.21. The Morgan fingerprint density at radius 1 is 1.24 bits per heavy atom. The van der Waals surface area contributed by atoms with Crippen LogP contribution in [0.5, 0.6) is 11.5 Å². The van der Waals surface area contributed by atoms with Crippen LogP contribution in [-0.2, 0) is 6.54 Å². The van der Waals surface area contributed by atoms with Crippen LogP contribution in [0.4, 0.5) is 0 Å². The van der Waals surface area contributed by atoms with Crippen molar-refractivity contribution in [2.45, 2.75) is 25.3 Å². The maximum Gasteiger partial charge on any atom is 0.263 e. The van der Waals surface area contributed by atoms with Gasteiger partial charge in [-0.2, -0.15) is 0 Å². The molecule has 1 aliphatic rings. The molecule has 2 aromatic carbocycles. The maximum absolute atomic E-state index is 13.8. The highest BCUT2D eigenvalue weighted by Gasteiger charge is 2.29. The maximum atomic E-state index is 13.8. The van der Waals surface area contributed by atoms with E-state index in [1.54, 1.807) is 23.8 Å². The number of rotatable bonds is 7. The minimum Gasteiger partial charge on any atom is -0.506 e. The van der Waals surface area contributed by atoms with Gasteiger partial charge in [-0.3, -0.25) is 9.36 Å². The molecule has 0 spiro atoms. The molecule has 0 unspecified atom stereocenters. The van der Waals surface area contributed by atoms with E-state index < -0.39 is 0 Å². The lowest BCUT2D eigenvalue weighted by atomic mass is 10.0. The Morgan fingerprint density at radius 2 is 2.06 bits per heavy atom. The second-order valence-electron chi connectivity index (χ2n) is 8.75. The van der Waals surface area contributed by atoms with Gasteiger partial charge in [0.1, 0.15) is 22.2 Å². The van der Waals surface area contributed by atoms with Crippen LogP contribution in [0.3, 0.4) is 0 Å². The number of aromatic hydroxyl groups is 1. The number of ether oxygens (including phenoxy) is 1. The molecule has 33 heavy (non-hydrogen) atoms. The van der Waals surface area contributed by atoms with Crippen LogP contribution in [0.25, 0.3) is 31.7 Å². The molecule has 1 saturated carbocycles. The van der Waals surface area contributed by atoms with Gasteiger partial charge in [0.25, 0.3) is 5.56 Å². The summed E-state index contributed by atoms with van der Waals surface area (Å²) in [6.45, 7) is 1.22. The molecular weight excluding hydrogens is 434 g/mol. The number of aromatic nitrogens is 2. The Hall–Kier alpha value is -3.16. The number of methoxy groups -OCH3 is 1. The summed E-state index contributed by atoms with van der Waals surface area (Å²) in [7, 11) is 5.70. The van der Waals surface area contributed by atoms with Crippen LogP contribution in [0.1, 0.15) is 24.3 Å².